The Morgan fingerprint density at radius 3 is 2.32 bits per heavy atom. The van der Waals surface area contributed by atoms with Crippen LogP contribution in [0.4, 0.5) is 16.2 Å². The average molecular weight is 617 g/mol. The summed E-state index contributed by atoms with van der Waals surface area (Å²) in [5.74, 6) is -0.322. The number of aromatic nitrogens is 1. The van der Waals surface area contributed by atoms with Crippen molar-refractivity contribution in [1.82, 2.24) is 19.5 Å². The summed E-state index contributed by atoms with van der Waals surface area (Å²) < 4.78 is 28.3. The summed E-state index contributed by atoms with van der Waals surface area (Å²) in [5.41, 5.74) is 1.48. The third-order valence-corrected chi connectivity index (χ3v) is 9.48. The second-order valence-electron chi connectivity index (χ2n) is 9.36. The fourth-order valence-corrected chi connectivity index (χ4v) is 6.55. The molecule has 2 heterocycles. The third-order valence-electron chi connectivity index (χ3n) is 6.12. The van der Waals surface area contributed by atoms with Crippen molar-refractivity contribution in [3.05, 3.63) is 80.5 Å². The average Bonchev–Trinajstić information content (AvgIpc) is 3.27. The van der Waals surface area contributed by atoms with E-state index >= 15 is 0 Å². The molecule has 41 heavy (non-hydrogen) atoms. The van der Waals surface area contributed by atoms with E-state index in [2.05, 4.69) is 16.0 Å². The van der Waals surface area contributed by atoms with Gasteiger partial charge in [-0.15, -0.1) is 11.3 Å². The number of rotatable bonds is 9. The minimum absolute atomic E-state index is 0.0791. The van der Waals surface area contributed by atoms with E-state index in [-0.39, 0.29) is 21.4 Å². The van der Waals surface area contributed by atoms with Gasteiger partial charge in [0, 0.05) is 59.0 Å². The van der Waals surface area contributed by atoms with Gasteiger partial charge in [0.1, 0.15) is 4.21 Å². The van der Waals surface area contributed by atoms with Crippen molar-refractivity contribution in [2.45, 2.75) is 11.1 Å². The van der Waals surface area contributed by atoms with Crippen LogP contribution in [0.3, 0.4) is 0 Å². The molecule has 14 heteroatoms. The topological polar surface area (TPSA) is 142 Å². The molecule has 4 N–H and O–H groups in total. The van der Waals surface area contributed by atoms with Crippen LogP contribution in [0.2, 0.25) is 5.02 Å². The minimum Gasteiger partial charge on any atom is -0.388 e. The van der Waals surface area contributed by atoms with Crippen molar-refractivity contribution in [3.63, 3.8) is 0 Å². The van der Waals surface area contributed by atoms with Gasteiger partial charge < -0.3 is 20.9 Å². The van der Waals surface area contributed by atoms with Gasteiger partial charge in [0.2, 0.25) is 0 Å². The number of pyridine rings is 1. The molecule has 216 valence electrons. The van der Waals surface area contributed by atoms with Gasteiger partial charge in [0.15, 0.2) is 0 Å². The van der Waals surface area contributed by atoms with Crippen LogP contribution in [0.25, 0.3) is 16.5 Å². The molecule has 0 saturated heterocycles. The van der Waals surface area contributed by atoms with Crippen LogP contribution in [0.1, 0.15) is 15.2 Å². The lowest BCUT2D eigenvalue weighted by Crippen LogP contribution is -2.34. The first-order valence-electron chi connectivity index (χ1n) is 12.4. The van der Waals surface area contributed by atoms with E-state index in [0.29, 0.717) is 45.0 Å². The second-order valence-corrected chi connectivity index (χ2v) is 12.9. The second kappa shape index (κ2) is 12.3. The first-order chi connectivity index (χ1) is 19.4. The Morgan fingerprint density at radius 1 is 1.02 bits per heavy atom. The van der Waals surface area contributed by atoms with Gasteiger partial charge in [-0.2, -0.15) is 0 Å². The zero-order valence-corrected chi connectivity index (χ0v) is 25.1. The molecule has 4 rings (SSSR count). The Balaban J connectivity index is 1.60. The Hall–Kier alpha value is -3.91. The van der Waals surface area contributed by atoms with Crippen molar-refractivity contribution in [1.29, 1.82) is 0 Å². The van der Waals surface area contributed by atoms with Gasteiger partial charge in [0.25, 0.3) is 21.5 Å². The van der Waals surface area contributed by atoms with E-state index in [9.17, 15) is 22.8 Å². The predicted molar refractivity (Wildman–Crippen MR) is 163 cm³/mol. The largest absolute Gasteiger partial charge is 0.388 e. The molecule has 2 aromatic carbocycles. The zero-order valence-electron chi connectivity index (χ0n) is 22.7. The number of halogens is 1. The smallest absolute Gasteiger partial charge is 0.333 e. The van der Waals surface area contributed by atoms with Crippen LogP contribution in [0.5, 0.6) is 0 Å². The Morgan fingerprint density at radius 2 is 1.71 bits per heavy atom. The first-order valence-corrected chi connectivity index (χ1v) is 15.1. The maximum atomic E-state index is 13.4. The molecule has 0 aliphatic rings. The normalized spacial score (nSPS) is 11.5. The number of carbonyl (C=O) groups is 2. The Bertz CT molecular complexity index is 1760. The van der Waals surface area contributed by atoms with Crippen molar-refractivity contribution < 1.29 is 18.0 Å². The predicted octanol–water partition coefficient (Wildman–Crippen LogP) is 3.86. The fraction of sp³-hybridized carbons (Fsp3) is 0.222. The SMILES string of the molecule is CNc1ccc2c(=O)n(-c3ccc(NC(=O)NS(=O)(=O)c4cc(Cl)c(C)s4)cc3)cc(C(=O)NCCN(C)C)c2c1. The summed E-state index contributed by atoms with van der Waals surface area (Å²) >= 11 is 6.90. The minimum atomic E-state index is -4.11. The number of hydrogen-bond donors (Lipinski definition) is 4. The molecule has 2 aromatic heterocycles. The van der Waals surface area contributed by atoms with Crippen molar-refractivity contribution in [3.8, 4) is 5.69 Å². The quantitative estimate of drug-likeness (QED) is 0.224. The number of likely N-dealkylation sites (N-methyl/N-ethyl adjacent to an activating group) is 1. The number of carbonyl (C=O) groups excluding carboxylic acids is 2. The van der Waals surface area contributed by atoms with E-state index in [1.807, 2.05) is 23.7 Å². The highest BCUT2D eigenvalue weighted by Crippen LogP contribution is 2.29. The Kier molecular flexibility index (Phi) is 9.02. The van der Waals surface area contributed by atoms with Crippen LogP contribution < -0.4 is 26.2 Å². The molecular weight excluding hydrogens is 588 g/mol. The molecule has 11 nitrogen and oxygen atoms in total. The highest BCUT2D eigenvalue weighted by Gasteiger charge is 2.21. The number of sulfonamides is 1. The van der Waals surface area contributed by atoms with E-state index in [1.165, 1.54) is 29.0 Å². The molecule has 0 saturated carbocycles. The standard InChI is InChI=1S/C27H29ClN6O5S2/c1-16-23(28)14-24(40-16)41(38,39)32-27(37)31-17-5-8-19(9-6-17)34-15-22(25(35)30-11-12-33(3)4)21-13-18(29-2)7-10-20(21)26(34)36/h5-10,13-15,29H,11-12H2,1-4H3,(H,30,35)(H2,31,32,37). The maximum absolute atomic E-state index is 13.4. The summed E-state index contributed by atoms with van der Waals surface area (Å²) in [5, 5.41) is 9.56. The molecule has 3 amide bonds. The van der Waals surface area contributed by atoms with Crippen molar-refractivity contribution in [2.75, 3.05) is 44.9 Å². The van der Waals surface area contributed by atoms with Crippen molar-refractivity contribution >= 4 is 67.0 Å². The summed E-state index contributed by atoms with van der Waals surface area (Å²) in [4.78, 5) is 41.6. The maximum Gasteiger partial charge on any atom is 0.333 e. The van der Waals surface area contributed by atoms with Gasteiger partial charge in [-0.3, -0.25) is 14.2 Å². The van der Waals surface area contributed by atoms with E-state index in [1.54, 1.807) is 44.3 Å². The number of thiophene rings is 1. The van der Waals surface area contributed by atoms with Gasteiger partial charge >= 0.3 is 6.03 Å². The van der Waals surface area contributed by atoms with Gasteiger partial charge in [0.05, 0.1) is 10.6 Å². The molecule has 0 aliphatic heterocycles. The number of fused-ring (bicyclic) bond motifs is 1. The lowest BCUT2D eigenvalue weighted by atomic mass is 10.1. The summed E-state index contributed by atoms with van der Waals surface area (Å²) in [6, 6.07) is 11.7. The molecule has 0 unspecified atom stereocenters. The zero-order chi connectivity index (χ0) is 29.9. The molecule has 0 spiro atoms. The number of nitrogens with one attached hydrogen (secondary N) is 4. The number of hydrogen-bond acceptors (Lipinski definition) is 8. The van der Waals surface area contributed by atoms with Crippen LogP contribution in [0.15, 0.2) is 63.7 Å². The number of urea groups is 1. The number of anilines is 2. The lowest BCUT2D eigenvalue weighted by Gasteiger charge is -2.15. The lowest BCUT2D eigenvalue weighted by molar-refractivity contribution is 0.0952. The molecule has 0 fully saturated rings. The van der Waals surface area contributed by atoms with Crippen LogP contribution >= 0.6 is 22.9 Å². The van der Waals surface area contributed by atoms with Crippen molar-refractivity contribution in [2.24, 2.45) is 0 Å². The summed E-state index contributed by atoms with van der Waals surface area (Å²) in [7, 11) is 1.46. The first kappa shape index (κ1) is 30.1. The molecule has 0 aliphatic carbocycles. The molecular formula is C27H29ClN6O5S2. The van der Waals surface area contributed by atoms with E-state index < -0.39 is 16.1 Å². The van der Waals surface area contributed by atoms with E-state index in [4.69, 9.17) is 11.6 Å². The van der Waals surface area contributed by atoms with E-state index in [0.717, 1.165) is 17.0 Å². The van der Waals surface area contributed by atoms with Gasteiger partial charge in [-0.1, -0.05) is 11.6 Å². The summed E-state index contributed by atoms with van der Waals surface area (Å²) in [6.07, 6.45) is 1.49. The highest BCUT2D eigenvalue weighted by atomic mass is 35.5. The van der Waals surface area contributed by atoms with Crippen LogP contribution in [0, 0.1) is 6.92 Å². The molecule has 0 bridgehead atoms. The highest BCUT2D eigenvalue weighted by molar-refractivity contribution is 7.92. The number of aryl methyl sites for hydroxylation is 1. The third kappa shape index (κ3) is 6.88. The molecule has 0 radical (unpaired) electrons. The number of benzene rings is 2. The van der Waals surface area contributed by atoms with Gasteiger partial charge in [-0.05, 0) is 69.6 Å². The molecule has 0 atom stereocenters. The van der Waals surface area contributed by atoms with Gasteiger partial charge in [-0.25, -0.2) is 17.9 Å². The Labute approximate surface area is 246 Å². The number of amides is 3. The molecule has 4 aromatic rings. The monoisotopic (exact) mass is 616 g/mol. The fourth-order valence-electron chi connectivity index (χ4n) is 3.96. The van der Waals surface area contributed by atoms with Crippen LogP contribution in [-0.4, -0.2) is 64.1 Å². The number of nitrogens with zero attached hydrogens (tertiary/aromatic N) is 2. The van der Waals surface area contributed by atoms with Crippen LogP contribution in [-0.2, 0) is 10.0 Å². The summed E-state index contributed by atoms with van der Waals surface area (Å²) in [6.45, 7) is 2.75.